The number of nitrogens with one attached hydrogen (secondary N) is 1. The first-order valence-corrected chi connectivity index (χ1v) is 11.0. The van der Waals surface area contributed by atoms with Crippen LogP contribution < -0.4 is 11.1 Å². The van der Waals surface area contributed by atoms with Crippen molar-refractivity contribution in [1.29, 1.82) is 0 Å². The van der Waals surface area contributed by atoms with Crippen molar-refractivity contribution >= 4 is 66.7 Å². The van der Waals surface area contributed by atoms with Gasteiger partial charge in [-0.2, -0.15) is 0 Å². The van der Waals surface area contributed by atoms with Crippen molar-refractivity contribution in [1.82, 2.24) is 9.97 Å². The van der Waals surface area contributed by atoms with Crippen molar-refractivity contribution in [2.75, 3.05) is 11.1 Å². The average Bonchev–Trinajstić information content (AvgIpc) is 2.74. The van der Waals surface area contributed by atoms with Gasteiger partial charge >= 0.3 is 0 Å². The van der Waals surface area contributed by atoms with Crippen LogP contribution in [0.15, 0.2) is 99.3 Å². The summed E-state index contributed by atoms with van der Waals surface area (Å²) in [5.74, 6) is 0.715. The summed E-state index contributed by atoms with van der Waals surface area (Å²) in [5, 5.41) is 6.52. The highest BCUT2D eigenvalue weighted by atomic mass is 79.9. The van der Waals surface area contributed by atoms with Crippen LogP contribution in [0.25, 0.3) is 21.8 Å². The van der Waals surface area contributed by atoms with Crippen LogP contribution >= 0.6 is 27.7 Å². The predicted molar refractivity (Wildman–Crippen MR) is 129 cm³/mol. The Balaban J connectivity index is 1.64. The summed E-state index contributed by atoms with van der Waals surface area (Å²) < 4.78 is 1.03. The van der Waals surface area contributed by atoms with Crippen molar-refractivity contribution in [3.8, 4) is 0 Å². The molecule has 0 bridgehead atoms. The first-order valence-electron chi connectivity index (χ1n) is 9.41. The normalized spacial score (nSPS) is 11.1. The van der Waals surface area contributed by atoms with E-state index >= 15 is 0 Å². The maximum Gasteiger partial charge on any atom is 0.164 e. The molecule has 0 aliphatic rings. The van der Waals surface area contributed by atoms with Crippen LogP contribution in [0.3, 0.4) is 0 Å². The summed E-state index contributed by atoms with van der Waals surface area (Å²) in [4.78, 5) is 10.9. The van der Waals surface area contributed by atoms with E-state index in [0.717, 1.165) is 47.6 Å². The van der Waals surface area contributed by atoms with Crippen molar-refractivity contribution in [2.24, 2.45) is 0 Å². The van der Waals surface area contributed by atoms with Gasteiger partial charge in [-0.25, -0.2) is 9.97 Å². The van der Waals surface area contributed by atoms with Crippen LogP contribution in [0.1, 0.15) is 0 Å². The lowest BCUT2D eigenvalue weighted by Gasteiger charge is -2.12. The van der Waals surface area contributed by atoms with Gasteiger partial charge in [0.2, 0.25) is 0 Å². The number of hydrogen-bond donors (Lipinski definition) is 2. The molecule has 1 heterocycles. The molecule has 146 valence electrons. The van der Waals surface area contributed by atoms with Crippen molar-refractivity contribution < 1.29 is 0 Å². The van der Waals surface area contributed by atoms with E-state index in [9.17, 15) is 0 Å². The average molecular weight is 473 g/mol. The zero-order valence-corrected chi connectivity index (χ0v) is 18.2. The first-order chi connectivity index (χ1) is 14.6. The fourth-order valence-corrected chi connectivity index (χ4v) is 4.40. The van der Waals surface area contributed by atoms with E-state index in [4.69, 9.17) is 15.7 Å². The summed E-state index contributed by atoms with van der Waals surface area (Å²) in [6, 6.07) is 28.2. The molecule has 0 fully saturated rings. The molecule has 0 atom stereocenters. The van der Waals surface area contributed by atoms with E-state index in [1.165, 1.54) is 0 Å². The van der Waals surface area contributed by atoms with E-state index in [2.05, 4.69) is 45.5 Å². The summed E-state index contributed by atoms with van der Waals surface area (Å²) in [7, 11) is 0. The van der Waals surface area contributed by atoms with Gasteiger partial charge in [0.1, 0.15) is 5.03 Å². The van der Waals surface area contributed by atoms with E-state index in [1.807, 2.05) is 60.7 Å². The molecule has 0 spiro atoms. The number of hydrogen-bond acceptors (Lipinski definition) is 5. The number of nitrogens with zero attached hydrogens (tertiary/aromatic N) is 2. The predicted octanol–water partition coefficient (Wildman–Crippen LogP) is 7.02. The Labute approximate surface area is 186 Å². The number of benzene rings is 4. The van der Waals surface area contributed by atoms with Gasteiger partial charge in [-0.05, 0) is 65.4 Å². The lowest BCUT2D eigenvalue weighted by Crippen LogP contribution is -1.99. The topological polar surface area (TPSA) is 63.8 Å². The van der Waals surface area contributed by atoms with Crippen LogP contribution in [0.4, 0.5) is 17.2 Å². The lowest BCUT2D eigenvalue weighted by molar-refractivity contribution is 1.12. The number of anilines is 3. The minimum absolute atomic E-state index is 0.715. The third-order valence-electron chi connectivity index (χ3n) is 4.68. The number of aromatic nitrogens is 2. The third kappa shape index (κ3) is 3.97. The van der Waals surface area contributed by atoms with Gasteiger partial charge in [-0.15, -0.1) is 0 Å². The second-order valence-corrected chi connectivity index (χ2v) is 8.85. The number of halogens is 1. The monoisotopic (exact) mass is 472 g/mol. The molecule has 5 aromatic rings. The van der Waals surface area contributed by atoms with Gasteiger partial charge in [0.15, 0.2) is 5.82 Å². The van der Waals surface area contributed by atoms with Crippen molar-refractivity contribution in [3.05, 3.63) is 89.4 Å². The highest BCUT2D eigenvalue weighted by Gasteiger charge is 2.12. The minimum atomic E-state index is 0.715. The third-order valence-corrected chi connectivity index (χ3v) is 6.18. The van der Waals surface area contributed by atoms with E-state index < -0.39 is 0 Å². The van der Waals surface area contributed by atoms with Crippen LogP contribution in [0.5, 0.6) is 0 Å². The van der Waals surface area contributed by atoms with E-state index in [1.54, 1.807) is 11.8 Å². The van der Waals surface area contributed by atoms with E-state index in [0.29, 0.717) is 5.82 Å². The smallest absolute Gasteiger partial charge is 0.164 e. The second kappa shape index (κ2) is 7.97. The van der Waals surface area contributed by atoms with Crippen LogP contribution in [0, 0.1) is 0 Å². The van der Waals surface area contributed by atoms with Crippen LogP contribution in [0.2, 0.25) is 0 Å². The minimum Gasteiger partial charge on any atom is -0.399 e. The van der Waals surface area contributed by atoms with Crippen molar-refractivity contribution in [2.45, 2.75) is 9.92 Å². The quantitative estimate of drug-likeness (QED) is 0.217. The molecule has 4 nitrogen and oxygen atoms in total. The molecule has 0 radical (unpaired) electrons. The Hall–Kier alpha value is -3.09. The van der Waals surface area contributed by atoms with Gasteiger partial charge in [0.05, 0.1) is 11.0 Å². The Morgan fingerprint density at radius 3 is 2.17 bits per heavy atom. The summed E-state index contributed by atoms with van der Waals surface area (Å²) >= 11 is 5.03. The molecule has 0 aliphatic heterocycles. The lowest BCUT2D eigenvalue weighted by atomic mass is 10.1. The standard InChI is InChI=1S/C24H17BrN4S/c25-17-8-10-19(11-9-17)27-23-24(30-20-7-3-6-18(26)14-20)29-22-13-16-5-2-1-4-15(16)12-21(22)28-23/h1-14H,26H2,(H,27,28). The SMILES string of the molecule is Nc1cccc(Sc2nc3cc4ccccc4cc3nc2Nc2ccc(Br)cc2)c1. The van der Waals surface area contributed by atoms with Crippen molar-refractivity contribution in [3.63, 3.8) is 0 Å². The molecule has 30 heavy (non-hydrogen) atoms. The fourth-order valence-electron chi connectivity index (χ4n) is 3.24. The highest BCUT2D eigenvalue weighted by molar-refractivity contribution is 9.10. The second-order valence-electron chi connectivity index (χ2n) is 6.87. The first kappa shape index (κ1) is 18.9. The number of nitrogens with two attached hydrogens (primary N) is 1. The molecule has 0 aliphatic carbocycles. The molecular weight excluding hydrogens is 456 g/mol. The number of nitrogen functional groups attached to an aromatic ring is 1. The molecule has 3 N–H and O–H groups in total. The number of fused-ring (bicyclic) bond motifs is 2. The zero-order valence-electron chi connectivity index (χ0n) is 15.8. The molecule has 5 rings (SSSR count). The fraction of sp³-hybridized carbons (Fsp3) is 0. The Bertz CT molecular complexity index is 1370. The van der Waals surface area contributed by atoms with Crippen LogP contribution in [-0.4, -0.2) is 9.97 Å². The summed E-state index contributed by atoms with van der Waals surface area (Å²) in [6.07, 6.45) is 0. The molecule has 4 aromatic carbocycles. The Morgan fingerprint density at radius 2 is 1.47 bits per heavy atom. The molecule has 0 unspecified atom stereocenters. The number of rotatable bonds is 4. The van der Waals surface area contributed by atoms with Gasteiger partial charge < -0.3 is 11.1 Å². The molecule has 0 amide bonds. The molecule has 1 aromatic heterocycles. The zero-order chi connectivity index (χ0) is 20.5. The summed E-state index contributed by atoms with van der Waals surface area (Å²) in [5.41, 5.74) is 9.36. The molecule has 6 heteroatoms. The van der Waals surface area contributed by atoms with E-state index in [-0.39, 0.29) is 0 Å². The van der Waals surface area contributed by atoms with Gasteiger partial charge in [-0.1, -0.05) is 58.0 Å². The Morgan fingerprint density at radius 1 is 0.767 bits per heavy atom. The van der Waals surface area contributed by atoms with Gasteiger partial charge in [0, 0.05) is 20.7 Å². The largest absolute Gasteiger partial charge is 0.399 e. The Kier molecular flexibility index (Phi) is 5.02. The highest BCUT2D eigenvalue weighted by Crippen LogP contribution is 2.35. The van der Waals surface area contributed by atoms with Gasteiger partial charge in [-0.3, -0.25) is 0 Å². The molecular formula is C24H17BrN4S. The van der Waals surface area contributed by atoms with Gasteiger partial charge in [0.25, 0.3) is 0 Å². The molecule has 0 saturated heterocycles. The maximum absolute atomic E-state index is 5.97. The summed E-state index contributed by atoms with van der Waals surface area (Å²) in [6.45, 7) is 0. The molecule has 0 saturated carbocycles. The maximum atomic E-state index is 5.97. The van der Waals surface area contributed by atoms with Crippen LogP contribution in [-0.2, 0) is 0 Å².